The first kappa shape index (κ1) is 16.1. The van der Waals surface area contributed by atoms with Crippen LogP contribution in [-0.2, 0) is 9.53 Å². The van der Waals surface area contributed by atoms with Crippen LogP contribution >= 0.6 is 0 Å². The second-order valence-electron chi connectivity index (χ2n) is 6.54. The van der Waals surface area contributed by atoms with Crippen molar-refractivity contribution in [2.24, 2.45) is 11.8 Å². The molecule has 2 aliphatic rings. The van der Waals surface area contributed by atoms with Crippen molar-refractivity contribution in [1.29, 1.82) is 0 Å². The number of carboxylic acids is 1. The minimum atomic E-state index is -0.741. The predicted molar refractivity (Wildman–Crippen MR) is 78.1 cm³/mol. The lowest BCUT2D eigenvalue weighted by atomic mass is 9.79. The van der Waals surface area contributed by atoms with E-state index in [4.69, 9.17) is 4.74 Å². The quantitative estimate of drug-likeness (QED) is 0.738. The molecule has 1 saturated heterocycles. The van der Waals surface area contributed by atoms with Crippen LogP contribution in [0, 0.1) is 11.8 Å². The van der Waals surface area contributed by atoms with Gasteiger partial charge in [0, 0.05) is 13.2 Å². The maximum Gasteiger partial charge on any atom is 0.315 e. The predicted octanol–water partition coefficient (Wildman–Crippen LogP) is 1.75. The van der Waals surface area contributed by atoms with Crippen molar-refractivity contribution in [2.75, 3.05) is 19.8 Å². The third-order valence-electron chi connectivity index (χ3n) is 4.60. The van der Waals surface area contributed by atoms with Gasteiger partial charge in [0.2, 0.25) is 0 Å². The lowest BCUT2D eigenvalue weighted by Crippen LogP contribution is -2.55. The van der Waals surface area contributed by atoms with Gasteiger partial charge in [0.05, 0.1) is 18.1 Å². The number of carbonyl (C=O) groups excluding carboxylic acids is 1. The average molecular weight is 298 g/mol. The molecule has 0 aromatic heterocycles. The number of carbonyl (C=O) groups is 2. The maximum atomic E-state index is 12.0. The number of hydrogen-bond donors (Lipinski definition) is 3. The molecule has 0 aromatic carbocycles. The summed E-state index contributed by atoms with van der Waals surface area (Å²) in [5, 5.41) is 15.0. The van der Waals surface area contributed by atoms with Gasteiger partial charge in [-0.05, 0) is 38.5 Å². The first-order chi connectivity index (χ1) is 10.0. The van der Waals surface area contributed by atoms with Gasteiger partial charge in [-0.2, -0.15) is 0 Å². The summed E-state index contributed by atoms with van der Waals surface area (Å²) in [6.45, 7) is 3.69. The monoisotopic (exact) mass is 298 g/mol. The van der Waals surface area contributed by atoms with E-state index in [1.165, 1.54) is 0 Å². The SMILES string of the molecule is CC1(NC(=O)NCC2CCCCC2C(=O)O)CCCOC1. The summed E-state index contributed by atoms with van der Waals surface area (Å²) in [6, 6.07) is -0.224. The summed E-state index contributed by atoms with van der Waals surface area (Å²) in [6.07, 6.45) is 5.45. The highest BCUT2D eigenvalue weighted by Crippen LogP contribution is 2.29. The fourth-order valence-electron chi connectivity index (χ4n) is 3.35. The highest BCUT2D eigenvalue weighted by molar-refractivity contribution is 5.75. The standard InChI is InChI=1S/C15H26N2O4/c1-15(7-4-8-21-10-15)17-14(20)16-9-11-5-2-3-6-12(11)13(18)19/h11-12H,2-10H2,1H3,(H,18,19)(H2,16,17,20). The molecule has 6 nitrogen and oxygen atoms in total. The van der Waals surface area contributed by atoms with E-state index < -0.39 is 5.97 Å². The molecule has 3 unspecified atom stereocenters. The van der Waals surface area contributed by atoms with Gasteiger partial charge in [0.15, 0.2) is 0 Å². The van der Waals surface area contributed by atoms with E-state index in [1.807, 2.05) is 6.92 Å². The Morgan fingerprint density at radius 1 is 1.29 bits per heavy atom. The molecule has 0 spiro atoms. The van der Waals surface area contributed by atoms with Gasteiger partial charge in [0.25, 0.3) is 0 Å². The maximum absolute atomic E-state index is 12.0. The molecule has 120 valence electrons. The Hall–Kier alpha value is -1.30. The van der Waals surface area contributed by atoms with E-state index in [1.54, 1.807) is 0 Å². The third-order valence-corrected chi connectivity index (χ3v) is 4.60. The molecule has 1 saturated carbocycles. The first-order valence-electron chi connectivity index (χ1n) is 7.87. The van der Waals surface area contributed by atoms with Crippen molar-refractivity contribution >= 4 is 12.0 Å². The van der Waals surface area contributed by atoms with Crippen molar-refractivity contribution in [1.82, 2.24) is 10.6 Å². The fourth-order valence-corrected chi connectivity index (χ4v) is 3.35. The van der Waals surface area contributed by atoms with Crippen molar-refractivity contribution in [2.45, 2.75) is 51.0 Å². The minimum absolute atomic E-state index is 0.0393. The zero-order valence-corrected chi connectivity index (χ0v) is 12.7. The largest absolute Gasteiger partial charge is 0.481 e. The van der Waals surface area contributed by atoms with Crippen LogP contribution in [0.25, 0.3) is 0 Å². The number of ether oxygens (including phenoxy) is 1. The van der Waals surface area contributed by atoms with E-state index >= 15 is 0 Å². The van der Waals surface area contributed by atoms with Crippen molar-refractivity contribution in [3.8, 4) is 0 Å². The Morgan fingerprint density at radius 2 is 2.05 bits per heavy atom. The van der Waals surface area contributed by atoms with Crippen molar-refractivity contribution < 1.29 is 19.4 Å². The molecular weight excluding hydrogens is 272 g/mol. The van der Waals surface area contributed by atoms with Crippen LogP contribution in [-0.4, -0.2) is 42.4 Å². The second-order valence-corrected chi connectivity index (χ2v) is 6.54. The molecule has 2 fully saturated rings. The summed E-state index contributed by atoms with van der Waals surface area (Å²) in [5.41, 5.74) is -0.318. The zero-order valence-electron chi connectivity index (χ0n) is 12.7. The van der Waals surface area contributed by atoms with Crippen molar-refractivity contribution in [3.05, 3.63) is 0 Å². The topological polar surface area (TPSA) is 87.7 Å². The van der Waals surface area contributed by atoms with Gasteiger partial charge in [-0.1, -0.05) is 12.8 Å². The fraction of sp³-hybridized carbons (Fsp3) is 0.867. The van der Waals surface area contributed by atoms with Crippen LogP contribution in [0.3, 0.4) is 0 Å². The Morgan fingerprint density at radius 3 is 2.71 bits per heavy atom. The van der Waals surface area contributed by atoms with Gasteiger partial charge < -0.3 is 20.5 Å². The molecule has 3 atom stereocenters. The number of amides is 2. The molecule has 1 aliphatic heterocycles. The van der Waals surface area contributed by atoms with E-state index in [-0.39, 0.29) is 23.4 Å². The Balaban J connectivity index is 1.78. The normalized spacial score (nSPS) is 33.2. The molecule has 0 radical (unpaired) electrons. The van der Waals surface area contributed by atoms with Crippen LogP contribution in [0.15, 0.2) is 0 Å². The zero-order chi connectivity index (χ0) is 15.3. The smallest absolute Gasteiger partial charge is 0.315 e. The van der Waals surface area contributed by atoms with E-state index in [0.29, 0.717) is 13.2 Å². The summed E-state index contributed by atoms with van der Waals surface area (Å²) in [4.78, 5) is 23.2. The van der Waals surface area contributed by atoms with Crippen LogP contribution in [0.2, 0.25) is 0 Å². The van der Waals surface area contributed by atoms with Gasteiger partial charge in [-0.15, -0.1) is 0 Å². The molecule has 3 N–H and O–H groups in total. The van der Waals surface area contributed by atoms with Gasteiger partial charge in [0.1, 0.15) is 0 Å². The highest BCUT2D eigenvalue weighted by Gasteiger charge is 2.32. The van der Waals surface area contributed by atoms with Crippen LogP contribution < -0.4 is 10.6 Å². The van der Waals surface area contributed by atoms with E-state index in [0.717, 1.165) is 45.1 Å². The minimum Gasteiger partial charge on any atom is -0.481 e. The summed E-state index contributed by atoms with van der Waals surface area (Å²) < 4.78 is 5.41. The number of aliphatic carboxylic acids is 1. The Labute approximate surface area is 125 Å². The first-order valence-corrected chi connectivity index (χ1v) is 7.87. The van der Waals surface area contributed by atoms with E-state index in [9.17, 15) is 14.7 Å². The lowest BCUT2D eigenvalue weighted by molar-refractivity contribution is -0.144. The lowest BCUT2D eigenvalue weighted by Gasteiger charge is -2.35. The van der Waals surface area contributed by atoms with E-state index in [2.05, 4.69) is 10.6 Å². The number of hydrogen-bond acceptors (Lipinski definition) is 3. The Bertz CT molecular complexity index is 380. The number of rotatable bonds is 4. The molecule has 6 heteroatoms. The van der Waals surface area contributed by atoms with Crippen LogP contribution in [0.1, 0.15) is 45.4 Å². The summed E-state index contributed by atoms with van der Waals surface area (Å²) >= 11 is 0. The molecule has 21 heavy (non-hydrogen) atoms. The molecular formula is C15H26N2O4. The molecule has 1 heterocycles. The molecule has 0 bridgehead atoms. The highest BCUT2D eigenvalue weighted by atomic mass is 16.5. The number of nitrogens with one attached hydrogen (secondary N) is 2. The van der Waals surface area contributed by atoms with Crippen LogP contribution in [0.5, 0.6) is 0 Å². The molecule has 1 aliphatic carbocycles. The Kier molecular flexibility index (Phi) is 5.45. The molecule has 2 rings (SSSR count). The summed E-state index contributed by atoms with van der Waals surface area (Å²) in [5.74, 6) is -1.03. The average Bonchev–Trinajstić information content (AvgIpc) is 2.45. The van der Waals surface area contributed by atoms with Gasteiger partial charge in [-0.3, -0.25) is 4.79 Å². The van der Waals surface area contributed by atoms with Crippen LogP contribution in [0.4, 0.5) is 4.79 Å². The molecule has 0 aromatic rings. The summed E-state index contributed by atoms with van der Waals surface area (Å²) in [7, 11) is 0. The van der Waals surface area contributed by atoms with Gasteiger partial charge >= 0.3 is 12.0 Å². The van der Waals surface area contributed by atoms with Crippen molar-refractivity contribution in [3.63, 3.8) is 0 Å². The third kappa shape index (κ3) is 4.59. The second kappa shape index (κ2) is 7.11. The number of urea groups is 1. The van der Waals surface area contributed by atoms with Gasteiger partial charge in [-0.25, -0.2) is 4.79 Å². The molecule has 2 amide bonds. The number of carboxylic acid groups (broad SMARTS) is 1.